The van der Waals surface area contributed by atoms with E-state index in [1.807, 2.05) is 6.07 Å². The highest BCUT2D eigenvalue weighted by atomic mass is 35.5. The Labute approximate surface area is 103 Å². The minimum absolute atomic E-state index is 0.201. The lowest BCUT2D eigenvalue weighted by Crippen LogP contribution is -2.27. The van der Waals surface area contributed by atoms with E-state index in [4.69, 9.17) is 11.6 Å². The van der Waals surface area contributed by atoms with Crippen LogP contribution in [0.25, 0.3) is 0 Å². The lowest BCUT2D eigenvalue weighted by Gasteiger charge is -2.33. The van der Waals surface area contributed by atoms with Gasteiger partial charge >= 0.3 is 0 Å². The molecule has 1 nitrogen and oxygen atoms in total. The number of fused-ring (bicyclic) bond motifs is 1. The van der Waals surface area contributed by atoms with Crippen LogP contribution in [0.15, 0.2) is 12.1 Å². The van der Waals surface area contributed by atoms with E-state index in [0.717, 1.165) is 18.0 Å². The van der Waals surface area contributed by atoms with Crippen LogP contribution in [0.2, 0.25) is 5.02 Å². The summed E-state index contributed by atoms with van der Waals surface area (Å²) in [7, 11) is 2.14. The van der Waals surface area contributed by atoms with E-state index in [1.54, 1.807) is 0 Å². The molecule has 0 fully saturated rings. The molecule has 88 valence electrons. The number of nitrogens with zero attached hydrogens (tertiary/aromatic N) is 1. The Balaban J connectivity index is 2.63. The van der Waals surface area contributed by atoms with Crippen molar-refractivity contribution in [3.8, 4) is 0 Å². The van der Waals surface area contributed by atoms with E-state index >= 15 is 0 Å². The number of anilines is 1. The van der Waals surface area contributed by atoms with E-state index in [2.05, 4.69) is 38.8 Å². The molecular weight excluding hydrogens is 218 g/mol. The van der Waals surface area contributed by atoms with Crippen LogP contribution < -0.4 is 4.90 Å². The molecule has 0 N–H and O–H groups in total. The molecule has 16 heavy (non-hydrogen) atoms. The Morgan fingerprint density at radius 1 is 1.25 bits per heavy atom. The Bertz CT molecular complexity index is 404. The van der Waals surface area contributed by atoms with Gasteiger partial charge in [0.2, 0.25) is 0 Å². The van der Waals surface area contributed by atoms with E-state index in [0.29, 0.717) is 0 Å². The zero-order valence-corrected chi connectivity index (χ0v) is 11.4. The summed E-state index contributed by atoms with van der Waals surface area (Å²) in [5.74, 6) is 0. The molecule has 0 aliphatic carbocycles. The van der Waals surface area contributed by atoms with Crippen LogP contribution in [0.3, 0.4) is 0 Å². The maximum atomic E-state index is 6.32. The minimum atomic E-state index is 0.201. The molecule has 0 aromatic heterocycles. The Morgan fingerprint density at radius 2 is 1.94 bits per heavy atom. The van der Waals surface area contributed by atoms with Gasteiger partial charge in [-0.25, -0.2) is 0 Å². The van der Waals surface area contributed by atoms with Crippen LogP contribution in [0.1, 0.15) is 38.3 Å². The molecule has 0 bridgehead atoms. The smallest absolute Gasteiger partial charge is 0.0642 e. The first-order valence-corrected chi connectivity index (χ1v) is 6.32. The molecule has 0 atom stereocenters. The highest BCUT2D eigenvalue weighted by Gasteiger charge is 2.25. The zero-order chi connectivity index (χ0) is 11.9. The average molecular weight is 238 g/mol. The van der Waals surface area contributed by atoms with Crippen molar-refractivity contribution in [1.29, 1.82) is 0 Å². The largest absolute Gasteiger partial charge is 0.373 e. The van der Waals surface area contributed by atoms with Crippen molar-refractivity contribution in [2.24, 2.45) is 0 Å². The van der Waals surface area contributed by atoms with Gasteiger partial charge in [0.25, 0.3) is 0 Å². The summed E-state index contributed by atoms with van der Waals surface area (Å²) in [6.07, 6.45) is 2.39. The monoisotopic (exact) mass is 237 g/mol. The van der Waals surface area contributed by atoms with E-state index in [1.165, 1.54) is 23.2 Å². The van der Waals surface area contributed by atoms with E-state index in [-0.39, 0.29) is 5.41 Å². The molecular formula is C14H20ClN. The van der Waals surface area contributed by atoms with Gasteiger partial charge < -0.3 is 4.90 Å². The van der Waals surface area contributed by atoms with Crippen LogP contribution in [-0.4, -0.2) is 13.6 Å². The van der Waals surface area contributed by atoms with Gasteiger partial charge in [-0.3, -0.25) is 0 Å². The van der Waals surface area contributed by atoms with Crippen LogP contribution in [0.4, 0.5) is 5.69 Å². The van der Waals surface area contributed by atoms with Crippen LogP contribution in [0.5, 0.6) is 0 Å². The summed E-state index contributed by atoms with van der Waals surface area (Å²) in [4.78, 5) is 2.29. The molecule has 0 spiro atoms. The topological polar surface area (TPSA) is 3.24 Å². The summed E-state index contributed by atoms with van der Waals surface area (Å²) in [5, 5.41) is 0.894. The van der Waals surface area contributed by atoms with Gasteiger partial charge in [0.15, 0.2) is 0 Å². The third kappa shape index (κ3) is 1.93. The molecule has 0 saturated carbocycles. The SMILES string of the molecule is CN1CCCc2c(C(C)(C)C)ccc(Cl)c21. The Hall–Kier alpha value is -0.690. The lowest BCUT2D eigenvalue weighted by atomic mass is 9.81. The summed E-state index contributed by atoms with van der Waals surface area (Å²) < 4.78 is 0. The lowest BCUT2D eigenvalue weighted by molar-refractivity contribution is 0.576. The van der Waals surface area contributed by atoms with Crippen molar-refractivity contribution in [3.05, 3.63) is 28.3 Å². The van der Waals surface area contributed by atoms with Crippen LogP contribution in [-0.2, 0) is 11.8 Å². The standard InChI is InChI=1S/C14H20ClN/c1-14(2,3)11-7-8-12(15)13-10(11)6-5-9-16(13)4/h7-8H,5-6,9H2,1-4H3. The quantitative estimate of drug-likeness (QED) is 0.659. The summed E-state index contributed by atoms with van der Waals surface area (Å²) in [6.45, 7) is 7.92. The molecule has 1 aromatic rings. The highest BCUT2D eigenvalue weighted by molar-refractivity contribution is 6.33. The molecule has 0 amide bonds. The van der Waals surface area contributed by atoms with Gasteiger partial charge in [-0.2, -0.15) is 0 Å². The minimum Gasteiger partial charge on any atom is -0.373 e. The number of benzene rings is 1. The zero-order valence-electron chi connectivity index (χ0n) is 10.6. The molecule has 2 heteroatoms. The van der Waals surface area contributed by atoms with Crippen molar-refractivity contribution in [3.63, 3.8) is 0 Å². The van der Waals surface area contributed by atoms with Crippen molar-refractivity contribution in [2.75, 3.05) is 18.5 Å². The second kappa shape index (κ2) is 3.96. The van der Waals surface area contributed by atoms with E-state index < -0.39 is 0 Å². The first kappa shape index (κ1) is 11.8. The third-order valence-electron chi connectivity index (χ3n) is 3.34. The number of rotatable bonds is 0. The molecule has 1 aliphatic heterocycles. The molecule has 0 radical (unpaired) electrons. The van der Waals surface area contributed by atoms with Gasteiger partial charge in [0, 0.05) is 13.6 Å². The normalized spacial score (nSPS) is 16.2. The fourth-order valence-electron chi connectivity index (χ4n) is 2.58. The molecule has 1 aliphatic rings. The fourth-order valence-corrected chi connectivity index (χ4v) is 2.90. The van der Waals surface area contributed by atoms with Crippen molar-refractivity contribution in [2.45, 2.75) is 39.0 Å². The van der Waals surface area contributed by atoms with Crippen LogP contribution in [0, 0.1) is 0 Å². The first-order chi connectivity index (χ1) is 7.41. The van der Waals surface area contributed by atoms with Gasteiger partial charge in [-0.15, -0.1) is 0 Å². The number of hydrogen-bond donors (Lipinski definition) is 0. The number of halogens is 1. The average Bonchev–Trinajstić information content (AvgIpc) is 2.16. The summed E-state index contributed by atoms with van der Waals surface area (Å²) in [5.41, 5.74) is 4.35. The van der Waals surface area contributed by atoms with Gasteiger partial charge in [-0.1, -0.05) is 38.4 Å². The molecule has 1 aromatic carbocycles. The summed E-state index contributed by atoms with van der Waals surface area (Å²) >= 11 is 6.32. The number of hydrogen-bond acceptors (Lipinski definition) is 1. The highest BCUT2D eigenvalue weighted by Crippen LogP contribution is 2.39. The summed E-state index contributed by atoms with van der Waals surface area (Å²) in [6, 6.07) is 4.24. The second-order valence-electron chi connectivity index (χ2n) is 5.70. The Kier molecular flexibility index (Phi) is 2.91. The van der Waals surface area contributed by atoms with Gasteiger partial charge in [0.1, 0.15) is 0 Å². The first-order valence-electron chi connectivity index (χ1n) is 5.94. The van der Waals surface area contributed by atoms with Crippen molar-refractivity contribution in [1.82, 2.24) is 0 Å². The van der Waals surface area contributed by atoms with Gasteiger partial charge in [-0.05, 0) is 35.4 Å². The maximum Gasteiger partial charge on any atom is 0.0642 e. The van der Waals surface area contributed by atoms with Crippen molar-refractivity contribution >= 4 is 17.3 Å². The predicted molar refractivity (Wildman–Crippen MR) is 71.7 cm³/mol. The fraction of sp³-hybridized carbons (Fsp3) is 0.571. The van der Waals surface area contributed by atoms with E-state index in [9.17, 15) is 0 Å². The molecule has 0 unspecified atom stereocenters. The predicted octanol–water partition coefficient (Wildman–Crippen LogP) is 4.02. The Morgan fingerprint density at radius 3 is 2.56 bits per heavy atom. The van der Waals surface area contributed by atoms with Gasteiger partial charge in [0.05, 0.1) is 10.7 Å². The molecule has 0 saturated heterocycles. The third-order valence-corrected chi connectivity index (χ3v) is 3.65. The van der Waals surface area contributed by atoms with Crippen LogP contribution >= 0.6 is 11.6 Å². The molecule has 2 rings (SSSR count). The molecule has 1 heterocycles. The van der Waals surface area contributed by atoms with Crippen molar-refractivity contribution < 1.29 is 0 Å². The second-order valence-corrected chi connectivity index (χ2v) is 6.10. The maximum absolute atomic E-state index is 6.32.